The van der Waals surface area contributed by atoms with E-state index in [9.17, 15) is 13.2 Å². The van der Waals surface area contributed by atoms with Gasteiger partial charge in [0, 0.05) is 17.8 Å². The van der Waals surface area contributed by atoms with E-state index in [-0.39, 0.29) is 10.8 Å². The molecule has 2 aromatic rings. The Morgan fingerprint density at radius 3 is 2.57 bits per heavy atom. The molecule has 0 radical (unpaired) electrons. The Kier molecular flexibility index (Phi) is 5.70. The molecule has 5 nitrogen and oxygen atoms in total. The number of halogens is 2. The summed E-state index contributed by atoms with van der Waals surface area (Å²) in [6, 6.07) is 8.04. The summed E-state index contributed by atoms with van der Waals surface area (Å²) >= 11 is 12.7. The normalized spacial score (nSPS) is 11.7. The lowest BCUT2D eigenvalue weighted by atomic mass is 10.2. The molecule has 0 fully saturated rings. The highest BCUT2D eigenvalue weighted by Gasteiger charge is 2.24. The first-order valence-corrected chi connectivity index (χ1v) is 9.49. The quantitative estimate of drug-likeness (QED) is 0.844. The minimum atomic E-state index is -3.74. The van der Waals surface area contributed by atoms with Crippen LogP contribution in [0.15, 0.2) is 34.5 Å². The first kappa shape index (κ1) is 18.2. The number of benzene rings is 1. The monoisotopic (exact) mass is 392 g/mol. The van der Waals surface area contributed by atoms with Gasteiger partial charge in [0.05, 0.1) is 10.9 Å². The molecule has 0 bridgehead atoms. The number of likely N-dealkylation sites (N-methyl/N-ethyl adjacent to an activating group) is 1. The van der Waals surface area contributed by atoms with Crippen LogP contribution in [0.25, 0.3) is 0 Å². The largest absolute Gasteiger partial charge is 0.325 e. The number of hydrogen-bond acceptors (Lipinski definition) is 4. The summed E-state index contributed by atoms with van der Waals surface area (Å²) in [5.74, 6) is -0.455. The van der Waals surface area contributed by atoms with E-state index in [0.717, 1.165) is 21.2 Å². The van der Waals surface area contributed by atoms with E-state index in [2.05, 4.69) is 5.32 Å². The Morgan fingerprint density at radius 1 is 1.26 bits per heavy atom. The summed E-state index contributed by atoms with van der Waals surface area (Å²) in [5, 5.41) is 3.18. The van der Waals surface area contributed by atoms with Crippen LogP contribution in [-0.2, 0) is 14.8 Å². The van der Waals surface area contributed by atoms with E-state index in [4.69, 9.17) is 23.2 Å². The second-order valence-corrected chi connectivity index (χ2v) is 9.17. The van der Waals surface area contributed by atoms with E-state index in [1.807, 2.05) is 0 Å². The van der Waals surface area contributed by atoms with E-state index >= 15 is 0 Å². The average molecular weight is 393 g/mol. The van der Waals surface area contributed by atoms with Crippen LogP contribution in [0.2, 0.25) is 9.36 Å². The predicted octanol–water partition coefficient (Wildman–Crippen LogP) is 3.62. The number of thiophene rings is 1. The second-order valence-electron chi connectivity index (χ2n) is 4.78. The third-order valence-corrected chi connectivity index (χ3v) is 7.03. The van der Waals surface area contributed by atoms with E-state index < -0.39 is 15.9 Å². The van der Waals surface area contributed by atoms with E-state index in [1.54, 1.807) is 25.1 Å². The lowest BCUT2D eigenvalue weighted by Crippen LogP contribution is -2.34. The first-order chi connectivity index (χ1) is 10.7. The highest BCUT2D eigenvalue weighted by molar-refractivity contribution is 7.91. The van der Waals surface area contributed by atoms with E-state index in [1.165, 1.54) is 19.2 Å². The molecule has 0 atom stereocenters. The summed E-state index contributed by atoms with van der Waals surface area (Å²) in [6.07, 6.45) is 0. The topological polar surface area (TPSA) is 66.5 Å². The summed E-state index contributed by atoms with van der Waals surface area (Å²) < 4.78 is 26.1. The van der Waals surface area contributed by atoms with Crippen LogP contribution in [0.1, 0.15) is 5.56 Å². The van der Waals surface area contributed by atoms with Gasteiger partial charge in [0.15, 0.2) is 0 Å². The van der Waals surface area contributed by atoms with Gasteiger partial charge in [-0.15, -0.1) is 11.3 Å². The lowest BCUT2D eigenvalue weighted by molar-refractivity contribution is -0.116. The average Bonchev–Trinajstić information content (AvgIpc) is 2.91. The molecular formula is C14H14Cl2N2O3S2. The molecule has 0 spiro atoms. The molecule has 0 aliphatic carbocycles. The fraction of sp³-hybridized carbons (Fsp3) is 0.214. The van der Waals surface area contributed by atoms with Crippen LogP contribution in [0.4, 0.5) is 5.69 Å². The Bertz CT molecular complexity index is 834. The standard InChI is InChI=1S/C14H14Cl2N2O3S2/c1-9-10(15)4-3-5-11(9)17-13(19)8-18(2)23(20,21)14-7-6-12(16)22-14/h3-7H,8H2,1-2H3,(H,17,19). The Labute approximate surface area is 148 Å². The van der Waals surface area contributed by atoms with Crippen molar-refractivity contribution in [3.63, 3.8) is 0 Å². The maximum atomic E-state index is 12.3. The van der Waals surface area contributed by atoms with Crippen molar-refractivity contribution < 1.29 is 13.2 Å². The molecule has 1 heterocycles. The molecular weight excluding hydrogens is 379 g/mol. The zero-order chi connectivity index (χ0) is 17.2. The van der Waals surface area contributed by atoms with Crippen LogP contribution in [0.5, 0.6) is 0 Å². The zero-order valence-electron chi connectivity index (χ0n) is 12.3. The number of amides is 1. The van der Waals surface area contributed by atoms with Crippen molar-refractivity contribution in [2.45, 2.75) is 11.1 Å². The first-order valence-electron chi connectivity index (χ1n) is 6.48. The molecule has 124 valence electrons. The summed E-state index contributed by atoms with van der Waals surface area (Å²) in [5.41, 5.74) is 1.27. The van der Waals surface area contributed by atoms with Crippen molar-refractivity contribution in [3.05, 3.63) is 45.3 Å². The van der Waals surface area contributed by atoms with Gasteiger partial charge in [0.1, 0.15) is 4.21 Å². The number of rotatable bonds is 5. The molecule has 0 aliphatic heterocycles. The number of nitrogens with one attached hydrogen (secondary N) is 1. The van der Waals surface area contributed by atoms with Gasteiger partial charge in [-0.05, 0) is 36.8 Å². The molecule has 1 aromatic heterocycles. The third-order valence-electron chi connectivity index (χ3n) is 3.12. The van der Waals surface area contributed by atoms with Crippen LogP contribution in [-0.4, -0.2) is 32.2 Å². The van der Waals surface area contributed by atoms with Gasteiger partial charge in [-0.25, -0.2) is 8.42 Å². The lowest BCUT2D eigenvalue weighted by Gasteiger charge is -2.16. The molecule has 0 aliphatic rings. The summed E-state index contributed by atoms with van der Waals surface area (Å²) in [4.78, 5) is 12.1. The highest BCUT2D eigenvalue weighted by Crippen LogP contribution is 2.27. The molecule has 1 N–H and O–H groups in total. The summed E-state index contributed by atoms with van der Waals surface area (Å²) in [7, 11) is -2.40. The van der Waals surface area contributed by atoms with Gasteiger partial charge in [-0.3, -0.25) is 4.79 Å². The minimum absolute atomic E-state index is 0.0942. The van der Waals surface area contributed by atoms with Gasteiger partial charge >= 0.3 is 0 Å². The van der Waals surface area contributed by atoms with E-state index in [0.29, 0.717) is 15.0 Å². The SMILES string of the molecule is Cc1c(Cl)cccc1NC(=O)CN(C)S(=O)(=O)c1ccc(Cl)s1. The minimum Gasteiger partial charge on any atom is -0.325 e. The molecule has 1 amide bonds. The van der Waals surface area contributed by atoms with Crippen molar-refractivity contribution in [1.29, 1.82) is 0 Å². The van der Waals surface area contributed by atoms with Crippen LogP contribution in [0, 0.1) is 6.92 Å². The van der Waals surface area contributed by atoms with Crippen molar-refractivity contribution in [2.24, 2.45) is 0 Å². The van der Waals surface area contributed by atoms with Crippen LogP contribution >= 0.6 is 34.5 Å². The van der Waals surface area contributed by atoms with Crippen molar-refractivity contribution in [1.82, 2.24) is 4.31 Å². The molecule has 9 heteroatoms. The molecule has 0 saturated carbocycles. The Balaban J connectivity index is 2.09. The number of hydrogen-bond donors (Lipinski definition) is 1. The fourth-order valence-electron chi connectivity index (χ4n) is 1.81. The fourth-order valence-corrected chi connectivity index (χ4v) is 4.80. The third kappa shape index (κ3) is 4.24. The van der Waals surface area contributed by atoms with Gasteiger partial charge in [0.2, 0.25) is 5.91 Å². The van der Waals surface area contributed by atoms with Crippen LogP contribution < -0.4 is 5.32 Å². The van der Waals surface area contributed by atoms with Gasteiger partial charge in [-0.2, -0.15) is 4.31 Å². The molecule has 2 rings (SSSR count). The molecule has 0 unspecified atom stereocenters. The van der Waals surface area contributed by atoms with Gasteiger partial charge in [-0.1, -0.05) is 29.3 Å². The molecule has 0 saturated heterocycles. The number of anilines is 1. The predicted molar refractivity (Wildman–Crippen MR) is 94.0 cm³/mol. The maximum absolute atomic E-state index is 12.3. The number of carbonyl (C=O) groups is 1. The van der Waals surface area contributed by atoms with Gasteiger partial charge in [0.25, 0.3) is 10.0 Å². The zero-order valence-corrected chi connectivity index (χ0v) is 15.5. The molecule has 1 aromatic carbocycles. The number of carbonyl (C=O) groups excluding carboxylic acids is 1. The smallest absolute Gasteiger partial charge is 0.252 e. The Hall–Kier alpha value is -1.12. The summed E-state index contributed by atoms with van der Waals surface area (Å²) in [6.45, 7) is 1.45. The Morgan fingerprint density at radius 2 is 1.96 bits per heavy atom. The molecule has 23 heavy (non-hydrogen) atoms. The van der Waals surface area contributed by atoms with Crippen molar-refractivity contribution in [3.8, 4) is 0 Å². The number of sulfonamides is 1. The van der Waals surface area contributed by atoms with Gasteiger partial charge < -0.3 is 5.32 Å². The van der Waals surface area contributed by atoms with Crippen LogP contribution in [0.3, 0.4) is 0 Å². The van der Waals surface area contributed by atoms with Crippen molar-refractivity contribution >= 4 is 56.2 Å². The number of nitrogens with zero attached hydrogens (tertiary/aromatic N) is 1. The van der Waals surface area contributed by atoms with Crippen molar-refractivity contribution in [2.75, 3.05) is 18.9 Å². The second kappa shape index (κ2) is 7.19. The maximum Gasteiger partial charge on any atom is 0.252 e. The highest BCUT2D eigenvalue weighted by atomic mass is 35.5.